The molecule has 0 aliphatic carbocycles. The first kappa shape index (κ1) is 16.1. The van der Waals surface area contributed by atoms with Gasteiger partial charge in [0.2, 0.25) is 0 Å². The van der Waals surface area contributed by atoms with E-state index in [0.717, 1.165) is 12.2 Å². The number of hydrogen-bond donors (Lipinski definition) is 1. The van der Waals surface area contributed by atoms with Gasteiger partial charge in [-0.25, -0.2) is 0 Å². The Kier molecular flexibility index (Phi) is 6.03. The predicted octanol–water partition coefficient (Wildman–Crippen LogP) is 2.80. The van der Waals surface area contributed by atoms with Crippen molar-refractivity contribution in [2.75, 3.05) is 20.3 Å². The summed E-state index contributed by atoms with van der Waals surface area (Å²) < 4.78 is 16.0. The van der Waals surface area contributed by atoms with Crippen LogP contribution in [0.25, 0.3) is 0 Å². The minimum absolute atomic E-state index is 0.254. The largest absolute Gasteiger partial charge is 0.486 e. The van der Waals surface area contributed by atoms with Crippen LogP contribution >= 0.6 is 0 Å². The lowest BCUT2D eigenvalue weighted by molar-refractivity contribution is 0.0905. The van der Waals surface area contributed by atoms with Crippen LogP contribution in [0.1, 0.15) is 28.8 Å². The Morgan fingerprint density at radius 3 is 2.64 bits per heavy atom. The number of aryl methyl sites for hydroxylation is 1. The van der Waals surface area contributed by atoms with Crippen molar-refractivity contribution in [2.45, 2.75) is 20.0 Å². The van der Waals surface area contributed by atoms with E-state index in [-0.39, 0.29) is 18.3 Å². The Bertz CT molecular complexity index is 589. The van der Waals surface area contributed by atoms with E-state index >= 15 is 0 Å². The lowest BCUT2D eigenvalue weighted by Gasteiger charge is -2.05. The van der Waals surface area contributed by atoms with E-state index in [2.05, 4.69) is 12.2 Å². The monoisotopic (exact) mass is 303 g/mol. The minimum atomic E-state index is -0.254. The summed E-state index contributed by atoms with van der Waals surface area (Å²) in [6.45, 7) is 3.32. The van der Waals surface area contributed by atoms with Crippen molar-refractivity contribution in [1.82, 2.24) is 5.32 Å². The molecule has 1 aromatic heterocycles. The number of amides is 1. The Hall–Kier alpha value is -2.27. The molecule has 0 saturated heterocycles. The third-order valence-corrected chi connectivity index (χ3v) is 3.19. The van der Waals surface area contributed by atoms with E-state index in [9.17, 15) is 4.79 Å². The first-order valence-electron chi connectivity index (χ1n) is 7.30. The molecule has 1 heterocycles. The molecule has 0 radical (unpaired) electrons. The Balaban J connectivity index is 1.84. The van der Waals surface area contributed by atoms with E-state index in [0.29, 0.717) is 18.9 Å². The number of rotatable bonds is 8. The molecular formula is C17H21NO4. The van der Waals surface area contributed by atoms with E-state index in [1.807, 2.05) is 24.3 Å². The van der Waals surface area contributed by atoms with Gasteiger partial charge in [0.1, 0.15) is 18.1 Å². The molecule has 0 aliphatic rings. The van der Waals surface area contributed by atoms with Crippen LogP contribution in [-0.4, -0.2) is 26.2 Å². The van der Waals surface area contributed by atoms with Gasteiger partial charge in [0.25, 0.3) is 5.91 Å². The molecule has 0 bridgehead atoms. The first-order valence-corrected chi connectivity index (χ1v) is 7.30. The second-order valence-electron chi connectivity index (χ2n) is 4.80. The van der Waals surface area contributed by atoms with Gasteiger partial charge in [0.15, 0.2) is 5.76 Å². The maximum atomic E-state index is 11.8. The molecule has 0 atom stereocenters. The SMILES string of the molecule is CCc1ccc(OCc2ccc(C(=O)NCCOC)o2)cc1. The number of methoxy groups -OCH3 is 1. The summed E-state index contributed by atoms with van der Waals surface area (Å²) in [4.78, 5) is 11.8. The molecule has 0 saturated carbocycles. The average molecular weight is 303 g/mol. The average Bonchev–Trinajstić information content (AvgIpc) is 3.02. The lowest BCUT2D eigenvalue weighted by Crippen LogP contribution is -2.26. The van der Waals surface area contributed by atoms with Crippen LogP contribution in [0.2, 0.25) is 0 Å². The zero-order valence-corrected chi connectivity index (χ0v) is 12.9. The normalized spacial score (nSPS) is 10.5. The molecule has 0 spiro atoms. The fraction of sp³-hybridized carbons (Fsp3) is 0.353. The molecule has 5 nitrogen and oxygen atoms in total. The summed E-state index contributed by atoms with van der Waals surface area (Å²) >= 11 is 0. The van der Waals surface area contributed by atoms with Gasteiger partial charge in [-0.05, 0) is 36.2 Å². The number of hydrogen-bond acceptors (Lipinski definition) is 4. The van der Waals surface area contributed by atoms with Gasteiger partial charge in [0, 0.05) is 13.7 Å². The third kappa shape index (κ3) is 4.63. The molecule has 1 N–H and O–H groups in total. The van der Waals surface area contributed by atoms with Crippen molar-refractivity contribution in [3.05, 3.63) is 53.5 Å². The maximum absolute atomic E-state index is 11.8. The highest BCUT2D eigenvalue weighted by atomic mass is 16.5. The van der Waals surface area contributed by atoms with Crippen LogP contribution in [0.3, 0.4) is 0 Å². The Labute approximate surface area is 130 Å². The molecule has 1 aromatic carbocycles. The van der Waals surface area contributed by atoms with Gasteiger partial charge in [-0.15, -0.1) is 0 Å². The molecular weight excluding hydrogens is 282 g/mol. The number of nitrogens with one attached hydrogen (secondary N) is 1. The zero-order valence-electron chi connectivity index (χ0n) is 12.9. The van der Waals surface area contributed by atoms with E-state index in [1.54, 1.807) is 19.2 Å². The van der Waals surface area contributed by atoms with Crippen molar-refractivity contribution < 1.29 is 18.7 Å². The Morgan fingerprint density at radius 1 is 1.18 bits per heavy atom. The third-order valence-electron chi connectivity index (χ3n) is 3.19. The quantitative estimate of drug-likeness (QED) is 0.762. The summed E-state index contributed by atoms with van der Waals surface area (Å²) in [5.41, 5.74) is 1.26. The second kappa shape index (κ2) is 8.24. The molecule has 22 heavy (non-hydrogen) atoms. The smallest absolute Gasteiger partial charge is 0.287 e. The van der Waals surface area contributed by atoms with Crippen LogP contribution in [0.15, 0.2) is 40.8 Å². The number of carbonyl (C=O) groups excluding carboxylic acids is 1. The van der Waals surface area contributed by atoms with Gasteiger partial charge < -0.3 is 19.2 Å². The van der Waals surface area contributed by atoms with Crippen LogP contribution in [0, 0.1) is 0 Å². The van der Waals surface area contributed by atoms with Crippen molar-refractivity contribution in [1.29, 1.82) is 0 Å². The number of furan rings is 1. The molecule has 5 heteroatoms. The molecule has 118 valence electrons. The number of benzene rings is 1. The number of ether oxygens (including phenoxy) is 2. The van der Waals surface area contributed by atoms with Crippen LogP contribution in [-0.2, 0) is 17.8 Å². The highest BCUT2D eigenvalue weighted by Gasteiger charge is 2.10. The second-order valence-corrected chi connectivity index (χ2v) is 4.80. The van der Waals surface area contributed by atoms with Gasteiger partial charge in [-0.2, -0.15) is 0 Å². The Morgan fingerprint density at radius 2 is 1.95 bits per heavy atom. The summed E-state index contributed by atoms with van der Waals surface area (Å²) in [6, 6.07) is 11.3. The predicted molar refractivity (Wildman–Crippen MR) is 83.1 cm³/mol. The fourth-order valence-corrected chi connectivity index (χ4v) is 1.91. The molecule has 0 aliphatic heterocycles. The van der Waals surface area contributed by atoms with Gasteiger partial charge in [0.05, 0.1) is 6.61 Å². The van der Waals surface area contributed by atoms with E-state index < -0.39 is 0 Å². The maximum Gasteiger partial charge on any atom is 0.287 e. The van der Waals surface area contributed by atoms with Crippen molar-refractivity contribution in [3.8, 4) is 5.75 Å². The summed E-state index contributed by atoms with van der Waals surface area (Å²) in [5.74, 6) is 1.41. The molecule has 0 fully saturated rings. The van der Waals surface area contributed by atoms with Crippen molar-refractivity contribution >= 4 is 5.91 Å². The van der Waals surface area contributed by atoms with Crippen LogP contribution < -0.4 is 10.1 Å². The van der Waals surface area contributed by atoms with Crippen molar-refractivity contribution in [3.63, 3.8) is 0 Å². The summed E-state index contributed by atoms with van der Waals surface area (Å²) in [7, 11) is 1.58. The lowest BCUT2D eigenvalue weighted by atomic mass is 10.2. The fourth-order valence-electron chi connectivity index (χ4n) is 1.91. The molecule has 2 rings (SSSR count). The molecule has 0 unspecified atom stereocenters. The highest BCUT2D eigenvalue weighted by molar-refractivity contribution is 5.91. The van der Waals surface area contributed by atoms with Gasteiger partial charge in [-0.1, -0.05) is 19.1 Å². The minimum Gasteiger partial charge on any atom is -0.486 e. The number of carbonyl (C=O) groups is 1. The van der Waals surface area contributed by atoms with E-state index in [4.69, 9.17) is 13.9 Å². The van der Waals surface area contributed by atoms with Crippen LogP contribution in [0.5, 0.6) is 5.75 Å². The van der Waals surface area contributed by atoms with Gasteiger partial charge in [-0.3, -0.25) is 4.79 Å². The van der Waals surface area contributed by atoms with Gasteiger partial charge >= 0.3 is 0 Å². The first-order chi connectivity index (χ1) is 10.7. The summed E-state index contributed by atoms with van der Waals surface area (Å²) in [5, 5.41) is 2.70. The summed E-state index contributed by atoms with van der Waals surface area (Å²) in [6.07, 6.45) is 1.00. The zero-order chi connectivity index (χ0) is 15.8. The topological polar surface area (TPSA) is 60.7 Å². The molecule has 1 amide bonds. The highest BCUT2D eigenvalue weighted by Crippen LogP contribution is 2.15. The van der Waals surface area contributed by atoms with Crippen LogP contribution in [0.4, 0.5) is 0 Å². The molecule has 2 aromatic rings. The standard InChI is InChI=1S/C17H21NO4/c1-3-13-4-6-14(7-5-13)21-12-15-8-9-16(22-15)17(19)18-10-11-20-2/h4-9H,3,10-12H2,1-2H3,(H,18,19). The van der Waals surface area contributed by atoms with E-state index in [1.165, 1.54) is 5.56 Å². The van der Waals surface area contributed by atoms with Crippen molar-refractivity contribution in [2.24, 2.45) is 0 Å².